The van der Waals surface area contributed by atoms with Gasteiger partial charge >= 0.3 is 5.97 Å². The number of carbonyl (C=O) groups is 1. The second kappa shape index (κ2) is 6.71. The van der Waals surface area contributed by atoms with Gasteiger partial charge in [-0.2, -0.15) is 0 Å². The molecule has 1 atom stereocenters. The third-order valence-corrected chi connectivity index (χ3v) is 2.78. The Bertz CT molecular complexity index is 404. The number of esters is 1. The fourth-order valence-electron chi connectivity index (χ4n) is 1.76. The number of hydrogen-bond donors (Lipinski definition) is 1. The van der Waals surface area contributed by atoms with Gasteiger partial charge in [0.25, 0.3) is 0 Å². The molecule has 0 aliphatic heterocycles. The molecule has 0 unspecified atom stereocenters. The van der Waals surface area contributed by atoms with Crippen LogP contribution in [-0.2, 0) is 9.53 Å². The highest BCUT2D eigenvalue weighted by Gasteiger charge is 2.16. The van der Waals surface area contributed by atoms with Crippen molar-refractivity contribution in [2.45, 2.75) is 52.7 Å². The van der Waals surface area contributed by atoms with Crippen molar-refractivity contribution < 1.29 is 9.53 Å². The van der Waals surface area contributed by atoms with E-state index in [1.165, 1.54) is 11.1 Å². The first kappa shape index (κ1) is 15.7. The molecule has 0 saturated carbocycles. The van der Waals surface area contributed by atoms with Crippen LogP contribution in [0.25, 0.3) is 0 Å². The summed E-state index contributed by atoms with van der Waals surface area (Å²) in [7, 11) is 0. The van der Waals surface area contributed by atoms with Crippen LogP contribution in [0.5, 0.6) is 0 Å². The van der Waals surface area contributed by atoms with Crippen LogP contribution in [0.4, 0.5) is 0 Å². The molecule has 3 heteroatoms. The highest BCUT2D eigenvalue weighted by atomic mass is 16.6. The van der Waals surface area contributed by atoms with Gasteiger partial charge in [0.1, 0.15) is 5.60 Å². The van der Waals surface area contributed by atoms with Gasteiger partial charge in [0.05, 0.1) is 6.42 Å². The van der Waals surface area contributed by atoms with Gasteiger partial charge in [-0.05, 0) is 40.2 Å². The third-order valence-electron chi connectivity index (χ3n) is 2.78. The molecule has 106 valence electrons. The maximum atomic E-state index is 11.6. The van der Waals surface area contributed by atoms with Gasteiger partial charge in [0.2, 0.25) is 0 Å². The van der Waals surface area contributed by atoms with Crippen molar-refractivity contribution in [3.8, 4) is 0 Å². The third kappa shape index (κ3) is 6.39. The Morgan fingerprint density at radius 3 is 2.37 bits per heavy atom. The molecule has 0 aromatic heterocycles. The van der Waals surface area contributed by atoms with Crippen LogP contribution >= 0.6 is 0 Å². The normalized spacial score (nSPS) is 13.1. The van der Waals surface area contributed by atoms with Crippen LogP contribution < -0.4 is 5.32 Å². The lowest BCUT2D eigenvalue weighted by Gasteiger charge is -2.20. The Morgan fingerprint density at radius 2 is 1.84 bits per heavy atom. The van der Waals surface area contributed by atoms with E-state index in [-0.39, 0.29) is 12.0 Å². The first-order chi connectivity index (χ1) is 8.78. The van der Waals surface area contributed by atoms with E-state index in [2.05, 4.69) is 43.4 Å². The first-order valence-electron chi connectivity index (χ1n) is 6.80. The van der Waals surface area contributed by atoms with Crippen molar-refractivity contribution in [2.24, 2.45) is 0 Å². The summed E-state index contributed by atoms with van der Waals surface area (Å²) < 4.78 is 5.26. The average Bonchev–Trinajstić information content (AvgIpc) is 2.27. The van der Waals surface area contributed by atoms with Crippen LogP contribution in [0.15, 0.2) is 24.3 Å². The van der Waals surface area contributed by atoms with Gasteiger partial charge in [-0.1, -0.05) is 29.8 Å². The van der Waals surface area contributed by atoms with E-state index in [1.54, 1.807) is 0 Å². The van der Waals surface area contributed by atoms with E-state index >= 15 is 0 Å². The summed E-state index contributed by atoms with van der Waals surface area (Å²) in [5.41, 5.74) is 2.08. The van der Waals surface area contributed by atoms with Gasteiger partial charge in [0.15, 0.2) is 0 Å². The molecule has 1 rings (SSSR count). The Hall–Kier alpha value is -1.35. The highest BCUT2D eigenvalue weighted by molar-refractivity contribution is 5.70. The molecule has 1 N–H and O–H groups in total. The molecular weight excluding hydrogens is 238 g/mol. The van der Waals surface area contributed by atoms with Crippen LogP contribution in [0, 0.1) is 6.92 Å². The van der Waals surface area contributed by atoms with Crippen LogP contribution in [0.2, 0.25) is 0 Å². The van der Waals surface area contributed by atoms with Gasteiger partial charge < -0.3 is 10.1 Å². The van der Waals surface area contributed by atoms with Gasteiger partial charge in [-0.15, -0.1) is 0 Å². The number of hydrogen-bond acceptors (Lipinski definition) is 3. The molecule has 0 radical (unpaired) electrons. The summed E-state index contributed by atoms with van der Waals surface area (Å²) >= 11 is 0. The molecule has 19 heavy (non-hydrogen) atoms. The predicted molar refractivity (Wildman–Crippen MR) is 78.1 cm³/mol. The molecule has 0 saturated heterocycles. The maximum absolute atomic E-state index is 11.6. The molecule has 0 spiro atoms. The van der Waals surface area contributed by atoms with E-state index < -0.39 is 5.60 Å². The molecule has 0 fully saturated rings. The number of carbonyl (C=O) groups excluding carboxylic acids is 1. The van der Waals surface area contributed by atoms with Crippen LogP contribution in [0.3, 0.4) is 0 Å². The van der Waals surface area contributed by atoms with Gasteiger partial charge in [-0.3, -0.25) is 4.79 Å². The standard InChI is InChI=1S/C16H25NO2/c1-12-6-8-14(9-7-12)13(2)17-11-10-15(18)19-16(3,4)5/h6-9,13,17H,10-11H2,1-5H3/t13-/m1/s1. The van der Waals surface area contributed by atoms with Gasteiger partial charge in [-0.25, -0.2) is 0 Å². The van der Waals surface area contributed by atoms with Gasteiger partial charge in [0, 0.05) is 12.6 Å². The minimum absolute atomic E-state index is 0.156. The molecule has 0 aliphatic rings. The van der Waals surface area contributed by atoms with Crippen molar-refractivity contribution in [3.05, 3.63) is 35.4 Å². The number of rotatable bonds is 5. The van der Waals surface area contributed by atoms with E-state index in [9.17, 15) is 4.79 Å². The summed E-state index contributed by atoms with van der Waals surface area (Å²) in [5.74, 6) is -0.156. The maximum Gasteiger partial charge on any atom is 0.307 e. The predicted octanol–water partition coefficient (Wildman–Crippen LogP) is 3.38. The lowest BCUT2D eigenvalue weighted by Crippen LogP contribution is -2.27. The van der Waals surface area contributed by atoms with Crippen molar-refractivity contribution >= 4 is 5.97 Å². The monoisotopic (exact) mass is 263 g/mol. The molecule has 0 amide bonds. The quantitative estimate of drug-likeness (QED) is 0.828. The molecule has 0 bridgehead atoms. The molecular formula is C16H25NO2. The van der Waals surface area contributed by atoms with Crippen molar-refractivity contribution in [2.75, 3.05) is 6.54 Å². The summed E-state index contributed by atoms with van der Waals surface area (Å²) in [6.07, 6.45) is 0.396. The fraction of sp³-hybridized carbons (Fsp3) is 0.562. The zero-order valence-corrected chi connectivity index (χ0v) is 12.6. The zero-order valence-electron chi connectivity index (χ0n) is 12.6. The van der Waals surface area contributed by atoms with Crippen molar-refractivity contribution in [1.82, 2.24) is 5.32 Å². The summed E-state index contributed by atoms with van der Waals surface area (Å²) in [6.45, 7) is 10.4. The Morgan fingerprint density at radius 1 is 1.26 bits per heavy atom. The molecule has 0 aliphatic carbocycles. The molecule has 1 aromatic rings. The van der Waals surface area contributed by atoms with E-state index in [4.69, 9.17) is 4.74 Å². The smallest absolute Gasteiger partial charge is 0.307 e. The SMILES string of the molecule is Cc1ccc([C@@H](C)NCCC(=O)OC(C)(C)C)cc1. The number of ether oxygens (including phenoxy) is 1. The largest absolute Gasteiger partial charge is 0.460 e. The Labute approximate surface area is 116 Å². The van der Waals surface area contributed by atoms with E-state index in [1.807, 2.05) is 20.8 Å². The lowest BCUT2D eigenvalue weighted by molar-refractivity contribution is -0.154. The second-order valence-corrected chi connectivity index (χ2v) is 5.92. The second-order valence-electron chi connectivity index (χ2n) is 5.92. The molecule has 1 aromatic carbocycles. The van der Waals surface area contributed by atoms with E-state index in [0.717, 1.165) is 0 Å². The Balaban J connectivity index is 2.33. The number of nitrogens with one attached hydrogen (secondary N) is 1. The summed E-state index contributed by atoms with van der Waals surface area (Å²) in [5, 5.41) is 3.33. The minimum Gasteiger partial charge on any atom is -0.460 e. The summed E-state index contributed by atoms with van der Waals surface area (Å²) in [4.78, 5) is 11.6. The fourth-order valence-corrected chi connectivity index (χ4v) is 1.76. The first-order valence-corrected chi connectivity index (χ1v) is 6.80. The van der Waals surface area contributed by atoms with Crippen LogP contribution in [0.1, 0.15) is 51.3 Å². The highest BCUT2D eigenvalue weighted by Crippen LogP contribution is 2.13. The number of aryl methyl sites for hydroxylation is 1. The minimum atomic E-state index is -0.403. The van der Waals surface area contributed by atoms with E-state index in [0.29, 0.717) is 13.0 Å². The topological polar surface area (TPSA) is 38.3 Å². The zero-order chi connectivity index (χ0) is 14.5. The lowest BCUT2D eigenvalue weighted by atomic mass is 10.1. The van der Waals surface area contributed by atoms with Crippen molar-refractivity contribution in [1.29, 1.82) is 0 Å². The van der Waals surface area contributed by atoms with Crippen molar-refractivity contribution in [3.63, 3.8) is 0 Å². The molecule has 3 nitrogen and oxygen atoms in total. The summed E-state index contributed by atoms with van der Waals surface area (Å²) in [6, 6.07) is 8.66. The number of benzene rings is 1. The van der Waals surface area contributed by atoms with Crippen LogP contribution in [-0.4, -0.2) is 18.1 Å². The average molecular weight is 263 g/mol. The molecule has 0 heterocycles. The Kier molecular flexibility index (Phi) is 5.55.